The van der Waals surface area contributed by atoms with Crippen molar-refractivity contribution in [2.24, 2.45) is 0 Å². The fraction of sp³-hybridized carbons (Fsp3) is 0.250. The van der Waals surface area contributed by atoms with Crippen molar-refractivity contribution in [3.05, 3.63) is 64.3 Å². The van der Waals surface area contributed by atoms with E-state index in [4.69, 9.17) is 0 Å². The van der Waals surface area contributed by atoms with Crippen molar-refractivity contribution >= 4 is 17.7 Å². The Hall–Kier alpha value is -2.08. The molecule has 1 aliphatic rings. The van der Waals surface area contributed by atoms with Crippen LogP contribution in [0.4, 0.5) is 4.39 Å². The topological polar surface area (TPSA) is 51.1 Å². The van der Waals surface area contributed by atoms with Crippen molar-refractivity contribution in [1.82, 2.24) is 9.88 Å². The molecule has 1 amide bonds. The van der Waals surface area contributed by atoms with Gasteiger partial charge in [0, 0.05) is 22.9 Å². The van der Waals surface area contributed by atoms with E-state index in [0.29, 0.717) is 0 Å². The average Bonchev–Trinajstić information content (AvgIpc) is 2.50. The first kappa shape index (κ1) is 14.8. The molecule has 1 unspecified atom stereocenters. The van der Waals surface area contributed by atoms with Crippen molar-refractivity contribution in [3.8, 4) is 0 Å². The minimum atomic E-state index is -0.306. The molecule has 1 atom stereocenters. The van der Waals surface area contributed by atoms with E-state index in [2.05, 4.69) is 5.32 Å². The lowest BCUT2D eigenvalue weighted by Crippen LogP contribution is -2.35. The molecule has 2 aromatic rings. The van der Waals surface area contributed by atoms with Crippen LogP contribution in [0.3, 0.4) is 0 Å². The maximum absolute atomic E-state index is 13.4. The molecule has 4 nitrogen and oxygen atoms in total. The molecule has 0 bridgehead atoms. The summed E-state index contributed by atoms with van der Waals surface area (Å²) in [5.41, 5.74) is 0.591. The monoisotopic (exact) mass is 318 g/mol. The fourth-order valence-electron chi connectivity index (χ4n) is 2.50. The summed E-state index contributed by atoms with van der Waals surface area (Å²) in [5, 5.41) is 2.90. The zero-order valence-electron chi connectivity index (χ0n) is 11.8. The van der Waals surface area contributed by atoms with Gasteiger partial charge in [-0.05, 0) is 36.2 Å². The lowest BCUT2D eigenvalue weighted by atomic mass is 10.0. The second kappa shape index (κ2) is 6.36. The first-order valence-electron chi connectivity index (χ1n) is 7.00. The van der Waals surface area contributed by atoms with Crippen LogP contribution >= 0.6 is 11.8 Å². The van der Waals surface area contributed by atoms with E-state index in [-0.39, 0.29) is 29.9 Å². The summed E-state index contributed by atoms with van der Waals surface area (Å²) in [6.07, 6.45) is 2.32. The number of rotatable bonds is 3. The van der Waals surface area contributed by atoms with E-state index in [1.807, 2.05) is 0 Å². The van der Waals surface area contributed by atoms with E-state index >= 15 is 0 Å². The minimum Gasteiger partial charge on any atom is -0.348 e. The Labute approximate surface area is 131 Å². The van der Waals surface area contributed by atoms with Gasteiger partial charge in [-0.25, -0.2) is 4.39 Å². The molecule has 1 aromatic carbocycles. The number of hydrogen-bond acceptors (Lipinski definition) is 3. The lowest BCUT2D eigenvalue weighted by Gasteiger charge is -2.26. The normalized spacial score (nSPS) is 16.9. The number of fused-ring (bicyclic) bond motifs is 1. The Kier molecular flexibility index (Phi) is 4.29. The molecule has 0 fully saturated rings. The van der Waals surface area contributed by atoms with Gasteiger partial charge < -0.3 is 9.88 Å². The number of halogens is 1. The number of amides is 1. The first-order valence-corrected chi connectivity index (χ1v) is 7.99. The third-order valence-electron chi connectivity index (χ3n) is 3.56. The number of carbonyl (C=O) groups excluding carboxylic acids is 1. The number of pyridine rings is 1. The van der Waals surface area contributed by atoms with E-state index in [1.165, 1.54) is 22.8 Å². The van der Waals surface area contributed by atoms with Gasteiger partial charge >= 0.3 is 0 Å². The van der Waals surface area contributed by atoms with Crippen molar-refractivity contribution in [3.63, 3.8) is 0 Å². The minimum absolute atomic E-state index is 0.0338. The van der Waals surface area contributed by atoms with Crippen molar-refractivity contribution in [2.45, 2.75) is 23.9 Å². The third-order valence-corrected chi connectivity index (χ3v) is 4.68. The van der Waals surface area contributed by atoms with E-state index in [0.717, 1.165) is 22.6 Å². The summed E-state index contributed by atoms with van der Waals surface area (Å²) in [4.78, 5) is 24.8. The highest BCUT2D eigenvalue weighted by molar-refractivity contribution is 7.99. The van der Waals surface area contributed by atoms with Crippen LogP contribution < -0.4 is 10.9 Å². The van der Waals surface area contributed by atoms with Gasteiger partial charge in [0.15, 0.2) is 0 Å². The van der Waals surface area contributed by atoms with E-state index < -0.39 is 0 Å². The first-order chi connectivity index (χ1) is 10.6. The van der Waals surface area contributed by atoms with Gasteiger partial charge in [-0.15, -0.1) is 11.8 Å². The van der Waals surface area contributed by atoms with E-state index in [9.17, 15) is 14.0 Å². The predicted octanol–water partition coefficient (Wildman–Crippen LogP) is 2.34. The summed E-state index contributed by atoms with van der Waals surface area (Å²) >= 11 is 1.66. The molecule has 1 aliphatic heterocycles. The molecule has 0 spiro atoms. The Morgan fingerprint density at radius 3 is 3.05 bits per heavy atom. The maximum atomic E-state index is 13.4. The second-order valence-corrected chi connectivity index (χ2v) is 6.24. The van der Waals surface area contributed by atoms with Crippen LogP contribution in [0.15, 0.2) is 52.3 Å². The van der Waals surface area contributed by atoms with Crippen LogP contribution in [-0.2, 0) is 11.3 Å². The number of thioether (sulfide) groups is 1. The maximum Gasteiger partial charge on any atom is 0.250 e. The van der Waals surface area contributed by atoms with Crippen LogP contribution in [-0.4, -0.2) is 16.2 Å². The Balaban J connectivity index is 1.74. The molecule has 2 heterocycles. The number of hydrogen-bond donors (Lipinski definition) is 1. The summed E-state index contributed by atoms with van der Waals surface area (Å²) in [6.45, 7) is -0.0338. The predicted molar refractivity (Wildman–Crippen MR) is 83.3 cm³/mol. The summed E-state index contributed by atoms with van der Waals surface area (Å²) in [5.74, 6) is 0.315. The molecule has 0 radical (unpaired) electrons. The van der Waals surface area contributed by atoms with Crippen LogP contribution in [0.5, 0.6) is 0 Å². The van der Waals surface area contributed by atoms with Gasteiger partial charge in [0.1, 0.15) is 12.4 Å². The van der Waals surface area contributed by atoms with Gasteiger partial charge in [-0.3, -0.25) is 9.59 Å². The number of nitrogens with one attached hydrogen (secondary N) is 1. The summed E-state index contributed by atoms with van der Waals surface area (Å²) < 4.78 is 14.8. The molecule has 6 heteroatoms. The molecule has 1 N–H and O–H groups in total. The Bertz CT molecular complexity index is 760. The number of aromatic nitrogens is 1. The highest BCUT2D eigenvalue weighted by Gasteiger charge is 2.22. The molecular weight excluding hydrogens is 303 g/mol. The van der Waals surface area contributed by atoms with Crippen LogP contribution in [0.1, 0.15) is 18.0 Å². The summed E-state index contributed by atoms with van der Waals surface area (Å²) in [6, 6.07) is 9.19. The van der Waals surface area contributed by atoms with Crippen molar-refractivity contribution in [1.29, 1.82) is 0 Å². The zero-order chi connectivity index (χ0) is 15.5. The van der Waals surface area contributed by atoms with Gasteiger partial charge in [-0.2, -0.15) is 0 Å². The molecular formula is C16H15FN2O2S. The molecule has 114 valence electrons. The third kappa shape index (κ3) is 3.22. The lowest BCUT2D eigenvalue weighted by molar-refractivity contribution is -0.122. The fourth-order valence-corrected chi connectivity index (χ4v) is 3.61. The molecule has 0 saturated heterocycles. The van der Waals surface area contributed by atoms with Gasteiger partial charge in [-0.1, -0.05) is 6.07 Å². The van der Waals surface area contributed by atoms with Gasteiger partial charge in [0.2, 0.25) is 5.91 Å². The van der Waals surface area contributed by atoms with Crippen molar-refractivity contribution in [2.75, 3.05) is 5.75 Å². The smallest absolute Gasteiger partial charge is 0.250 e. The quantitative estimate of drug-likeness (QED) is 0.945. The van der Waals surface area contributed by atoms with Gasteiger partial charge in [0.05, 0.1) is 6.04 Å². The number of carbonyl (C=O) groups is 1. The Morgan fingerprint density at radius 2 is 2.23 bits per heavy atom. The molecule has 3 rings (SSSR count). The van der Waals surface area contributed by atoms with Crippen molar-refractivity contribution < 1.29 is 9.18 Å². The van der Waals surface area contributed by atoms with E-state index in [1.54, 1.807) is 36.2 Å². The largest absolute Gasteiger partial charge is 0.348 e. The summed E-state index contributed by atoms with van der Waals surface area (Å²) in [7, 11) is 0. The number of benzene rings is 1. The van der Waals surface area contributed by atoms with Crippen LogP contribution in [0.25, 0.3) is 0 Å². The molecule has 0 saturated carbocycles. The van der Waals surface area contributed by atoms with Gasteiger partial charge in [0.25, 0.3) is 5.56 Å². The highest BCUT2D eigenvalue weighted by Crippen LogP contribution is 2.36. The standard InChI is InChI=1S/C16H15FN2O2S/c17-11-4-5-14-12(9-11)13(6-8-22-14)18-15(20)10-19-7-2-1-3-16(19)21/h1-5,7,9,13H,6,8,10H2,(H,18,20). The van der Waals surface area contributed by atoms with Crippen LogP contribution in [0, 0.1) is 5.82 Å². The molecule has 22 heavy (non-hydrogen) atoms. The number of nitrogens with zero attached hydrogens (tertiary/aromatic N) is 1. The SMILES string of the molecule is O=C(Cn1ccccc1=O)NC1CCSc2ccc(F)cc21. The highest BCUT2D eigenvalue weighted by atomic mass is 32.2. The molecule has 1 aromatic heterocycles. The Morgan fingerprint density at radius 1 is 1.36 bits per heavy atom. The molecule has 0 aliphatic carbocycles. The average molecular weight is 318 g/mol. The second-order valence-electron chi connectivity index (χ2n) is 5.11. The van der Waals surface area contributed by atoms with Crippen LogP contribution in [0.2, 0.25) is 0 Å². The zero-order valence-corrected chi connectivity index (χ0v) is 12.6.